The first kappa shape index (κ1) is 9.55. The summed E-state index contributed by atoms with van der Waals surface area (Å²) in [5.74, 6) is -0.708. The average Bonchev–Trinajstić information content (AvgIpc) is 1.80. The molecule has 0 unspecified atom stereocenters. The van der Waals surface area contributed by atoms with Gasteiger partial charge in [0.05, 0.1) is 0 Å². The zero-order valence-corrected chi connectivity index (χ0v) is 6.02. The van der Waals surface area contributed by atoms with Crippen LogP contribution < -0.4 is 24.0 Å². The van der Waals surface area contributed by atoms with Crippen molar-refractivity contribution >= 4 is 0 Å². The van der Waals surface area contributed by atoms with Crippen LogP contribution in [-0.2, 0) is 0 Å². The van der Waals surface area contributed by atoms with E-state index in [9.17, 15) is 9.50 Å². The molecule has 1 rings (SSSR count). The minimum atomic E-state index is -0.428. The quantitative estimate of drug-likeness (QED) is 0.382. The molecule has 0 atom stereocenters. The first-order valence-corrected chi connectivity index (χ1v) is 2.63. The molecule has 1 aromatic carbocycles. The Morgan fingerprint density at radius 2 is 2.00 bits per heavy atom. The summed E-state index contributed by atoms with van der Waals surface area (Å²) in [6.45, 7) is 1.62. The average molecular weight is 132 g/mol. The third-order valence-corrected chi connectivity index (χ3v) is 1.14. The summed E-state index contributed by atoms with van der Waals surface area (Å²) < 4.78 is 12.4. The van der Waals surface area contributed by atoms with Crippen molar-refractivity contribution in [2.75, 3.05) is 0 Å². The second kappa shape index (κ2) is 3.65. The van der Waals surface area contributed by atoms with E-state index in [1.807, 2.05) is 0 Å². The van der Waals surface area contributed by atoms with E-state index in [0.717, 1.165) is 6.07 Å². The summed E-state index contributed by atoms with van der Waals surface area (Å²) in [5.41, 5.74) is 0.509. The Kier molecular flexibility index (Phi) is 3.49. The molecule has 0 aliphatic carbocycles. The van der Waals surface area contributed by atoms with Crippen LogP contribution in [0.25, 0.3) is 0 Å². The van der Waals surface area contributed by atoms with Gasteiger partial charge in [0, 0.05) is 0 Å². The molecule has 10 heavy (non-hydrogen) atoms. The smallest absolute Gasteiger partial charge is 0.872 e. The van der Waals surface area contributed by atoms with Gasteiger partial charge in [0.1, 0.15) is 5.82 Å². The molecule has 0 aliphatic rings. The van der Waals surface area contributed by atoms with Crippen LogP contribution in [0.4, 0.5) is 4.39 Å². The van der Waals surface area contributed by atoms with Crippen molar-refractivity contribution in [1.82, 2.24) is 0 Å². The minimum Gasteiger partial charge on any atom is -0.872 e. The SMILES string of the molecule is Cc1ccc([O-])cc1F.[Li+]. The molecule has 0 radical (unpaired) electrons. The Hall–Kier alpha value is -0.453. The predicted molar refractivity (Wildman–Crippen MR) is 30.6 cm³/mol. The predicted octanol–water partition coefficient (Wildman–Crippen LogP) is -1.79. The maximum atomic E-state index is 12.4. The second-order valence-electron chi connectivity index (χ2n) is 1.91. The molecule has 0 saturated heterocycles. The van der Waals surface area contributed by atoms with Gasteiger partial charge in [-0.15, -0.1) is 5.75 Å². The minimum absolute atomic E-state index is 0. The number of halogens is 1. The molecular formula is C7H6FLiO. The first-order valence-electron chi connectivity index (χ1n) is 2.63. The van der Waals surface area contributed by atoms with E-state index < -0.39 is 5.82 Å². The van der Waals surface area contributed by atoms with Crippen molar-refractivity contribution in [1.29, 1.82) is 0 Å². The number of hydrogen-bond donors (Lipinski definition) is 0. The van der Waals surface area contributed by atoms with Gasteiger partial charge in [0.2, 0.25) is 0 Å². The number of hydrogen-bond acceptors (Lipinski definition) is 1. The van der Waals surface area contributed by atoms with Crippen molar-refractivity contribution in [3.05, 3.63) is 29.6 Å². The molecule has 0 bridgehead atoms. The van der Waals surface area contributed by atoms with Crippen LogP contribution in [0.1, 0.15) is 5.56 Å². The molecule has 1 nitrogen and oxygen atoms in total. The molecule has 0 spiro atoms. The van der Waals surface area contributed by atoms with Crippen molar-refractivity contribution in [2.24, 2.45) is 0 Å². The summed E-state index contributed by atoms with van der Waals surface area (Å²) >= 11 is 0. The van der Waals surface area contributed by atoms with E-state index in [2.05, 4.69) is 0 Å². The summed E-state index contributed by atoms with van der Waals surface area (Å²) in [4.78, 5) is 0. The van der Waals surface area contributed by atoms with Gasteiger partial charge < -0.3 is 5.11 Å². The molecule has 1 aromatic rings. The van der Waals surface area contributed by atoms with Gasteiger partial charge >= 0.3 is 18.9 Å². The Morgan fingerprint density at radius 1 is 1.40 bits per heavy atom. The van der Waals surface area contributed by atoms with Crippen LogP contribution in [0.2, 0.25) is 0 Å². The van der Waals surface area contributed by atoms with E-state index in [1.165, 1.54) is 12.1 Å². The van der Waals surface area contributed by atoms with Crippen LogP contribution in [0.3, 0.4) is 0 Å². The molecule has 0 aromatic heterocycles. The van der Waals surface area contributed by atoms with Crippen LogP contribution in [0, 0.1) is 12.7 Å². The summed E-state index contributed by atoms with van der Waals surface area (Å²) in [7, 11) is 0. The Labute approximate surface area is 71.1 Å². The van der Waals surface area contributed by atoms with E-state index in [4.69, 9.17) is 0 Å². The van der Waals surface area contributed by atoms with Gasteiger partial charge in [-0.3, -0.25) is 0 Å². The van der Waals surface area contributed by atoms with Gasteiger partial charge in [-0.25, -0.2) is 4.39 Å². The van der Waals surface area contributed by atoms with Crippen LogP contribution in [0.5, 0.6) is 5.75 Å². The van der Waals surface area contributed by atoms with Gasteiger partial charge in [0.25, 0.3) is 0 Å². The summed E-state index contributed by atoms with van der Waals surface area (Å²) in [6.07, 6.45) is 0. The molecule has 0 heterocycles. The molecule has 0 N–H and O–H groups in total. The molecule has 3 heteroatoms. The van der Waals surface area contributed by atoms with Crippen molar-refractivity contribution in [3.8, 4) is 5.75 Å². The fraction of sp³-hybridized carbons (Fsp3) is 0.143. The number of aryl methyl sites for hydroxylation is 1. The maximum absolute atomic E-state index is 12.4. The second-order valence-corrected chi connectivity index (χ2v) is 1.91. The van der Waals surface area contributed by atoms with E-state index in [-0.39, 0.29) is 24.6 Å². The molecule has 48 valence electrons. The van der Waals surface area contributed by atoms with Crippen LogP contribution >= 0.6 is 0 Å². The number of benzene rings is 1. The van der Waals surface area contributed by atoms with E-state index >= 15 is 0 Å². The van der Waals surface area contributed by atoms with E-state index in [1.54, 1.807) is 6.92 Å². The zero-order chi connectivity index (χ0) is 6.85. The molecular weight excluding hydrogens is 126 g/mol. The van der Waals surface area contributed by atoms with Crippen molar-refractivity contribution < 1.29 is 28.4 Å². The molecule has 0 fully saturated rings. The zero-order valence-electron chi connectivity index (χ0n) is 6.02. The summed E-state index contributed by atoms with van der Waals surface area (Å²) in [5, 5.41) is 10.4. The molecule has 0 amide bonds. The van der Waals surface area contributed by atoms with Gasteiger partial charge in [0.15, 0.2) is 0 Å². The Morgan fingerprint density at radius 3 is 2.40 bits per heavy atom. The molecule has 0 aliphatic heterocycles. The van der Waals surface area contributed by atoms with Gasteiger partial charge in [-0.2, -0.15) is 0 Å². The van der Waals surface area contributed by atoms with Crippen LogP contribution in [0.15, 0.2) is 18.2 Å². The third kappa shape index (κ3) is 2.06. The number of rotatable bonds is 0. The fourth-order valence-corrected chi connectivity index (χ4v) is 0.574. The monoisotopic (exact) mass is 132 g/mol. The topological polar surface area (TPSA) is 23.1 Å². The van der Waals surface area contributed by atoms with Crippen molar-refractivity contribution in [2.45, 2.75) is 6.92 Å². The normalized spacial score (nSPS) is 8.60. The van der Waals surface area contributed by atoms with Gasteiger partial charge in [-0.1, -0.05) is 12.1 Å². The Bertz CT molecular complexity index is 225. The van der Waals surface area contributed by atoms with E-state index in [0.29, 0.717) is 5.56 Å². The van der Waals surface area contributed by atoms with Crippen LogP contribution in [-0.4, -0.2) is 0 Å². The maximum Gasteiger partial charge on any atom is 1.00 e. The molecule has 0 saturated carbocycles. The van der Waals surface area contributed by atoms with Gasteiger partial charge in [-0.05, 0) is 18.6 Å². The Balaban J connectivity index is 0.000000810. The van der Waals surface area contributed by atoms with Crippen molar-refractivity contribution in [3.63, 3.8) is 0 Å². The first-order chi connectivity index (χ1) is 4.20. The fourth-order valence-electron chi connectivity index (χ4n) is 0.574. The third-order valence-electron chi connectivity index (χ3n) is 1.14. The standard InChI is InChI=1S/C7H7FO.Li/c1-5-2-3-6(9)4-7(5)8;/h2-4,9H,1H3;/q;+1/p-1. The largest absolute Gasteiger partial charge is 1.00 e. The summed E-state index contributed by atoms with van der Waals surface area (Å²) in [6, 6.07) is 3.80.